The van der Waals surface area contributed by atoms with E-state index in [1.165, 1.54) is 32.5 Å². The summed E-state index contributed by atoms with van der Waals surface area (Å²) in [5.74, 6) is 1.75. The zero-order chi connectivity index (χ0) is 40.7. The molecule has 0 saturated carbocycles. The average molecular weight is 801 g/mol. The molecule has 61 heavy (non-hydrogen) atoms. The lowest BCUT2D eigenvalue weighted by atomic mass is 9.81. The van der Waals surface area contributed by atoms with Crippen molar-refractivity contribution in [2.45, 2.75) is 19.3 Å². The Bertz CT molecular complexity index is 3500. The van der Waals surface area contributed by atoms with Crippen LogP contribution in [0.15, 0.2) is 186 Å². The van der Waals surface area contributed by atoms with Gasteiger partial charge in [0.15, 0.2) is 17.5 Å². The van der Waals surface area contributed by atoms with Crippen molar-refractivity contribution < 1.29 is 4.42 Å². The van der Waals surface area contributed by atoms with Gasteiger partial charge in [-0.3, -0.25) is 0 Å². The molecule has 6 heteroatoms. The van der Waals surface area contributed by atoms with Crippen molar-refractivity contribution in [1.82, 2.24) is 19.9 Å². The van der Waals surface area contributed by atoms with Crippen molar-refractivity contribution >= 4 is 43.5 Å². The van der Waals surface area contributed by atoms with Crippen molar-refractivity contribution in [2.24, 2.45) is 0 Å². The molecule has 12 rings (SSSR count). The van der Waals surface area contributed by atoms with Crippen LogP contribution in [0.25, 0.3) is 110 Å². The molecule has 1 aliphatic rings. The molecule has 0 bridgehead atoms. The minimum atomic E-state index is -0.163. The van der Waals surface area contributed by atoms with Gasteiger partial charge in [-0.2, -0.15) is 0 Å². The van der Waals surface area contributed by atoms with Crippen LogP contribution in [0, 0.1) is 0 Å². The summed E-state index contributed by atoms with van der Waals surface area (Å²) in [4.78, 5) is 20.5. The predicted molar refractivity (Wildman–Crippen MR) is 250 cm³/mol. The molecule has 0 spiro atoms. The Kier molecular flexibility index (Phi) is 7.99. The zero-order valence-corrected chi connectivity index (χ0v) is 34.2. The Labute approximate surface area is 356 Å². The number of hydrogen-bond acceptors (Lipinski definition) is 6. The number of benzene rings is 8. The lowest BCUT2D eigenvalue weighted by molar-refractivity contribution is 0.661. The van der Waals surface area contributed by atoms with Gasteiger partial charge in [0.05, 0.1) is 15.8 Å². The molecule has 8 aromatic carbocycles. The molecule has 1 aliphatic carbocycles. The minimum absolute atomic E-state index is 0.163. The van der Waals surface area contributed by atoms with Crippen molar-refractivity contribution in [2.75, 3.05) is 0 Å². The number of aromatic nitrogens is 4. The summed E-state index contributed by atoms with van der Waals surface area (Å²) < 4.78 is 7.72. The molecule has 11 aromatic rings. The molecular formula is C55H36N4OS. The highest BCUT2D eigenvalue weighted by Gasteiger charge is 2.37. The second kappa shape index (κ2) is 13.8. The standard InChI is InChI=1S/C55H36N4OS/c1-55(2)44-29-30-46-50(61-54(56-46)36-15-7-4-8-16-36)48(44)42-28-27-38(32-45(42)55)34-23-25-35(26-24-34)51-57-52(39-18-11-17-37(31-39)33-13-5-3-6-14-33)59-53(58-51)43-21-12-20-41-40-19-9-10-22-47(40)60-49(41)43/h3-32H,1-2H3. The fourth-order valence-corrected chi connectivity index (χ4v) is 10.2. The third-order valence-corrected chi connectivity index (χ3v) is 13.3. The van der Waals surface area contributed by atoms with E-state index in [2.05, 4.69) is 159 Å². The normalized spacial score (nSPS) is 12.9. The Balaban J connectivity index is 0.946. The van der Waals surface area contributed by atoms with Crippen LogP contribution >= 0.6 is 11.3 Å². The van der Waals surface area contributed by atoms with Crippen LogP contribution in [0.2, 0.25) is 0 Å². The fourth-order valence-electron chi connectivity index (χ4n) is 9.05. The van der Waals surface area contributed by atoms with E-state index in [-0.39, 0.29) is 5.41 Å². The average Bonchev–Trinajstić information content (AvgIpc) is 4.00. The van der Waals surface area contributed by atoms with Gasteiger partial charge in [-0.25, -0.2) is 19.9 Å². The Morgan fingerprint density at radius 3 is 1.85 bits per heavy atom. The van der Waals surface area contributed by atoms with Crippen molar-refractivity contribution in [3.63, 3.8) is 0 Å². The molecule has 0 unspecified atom stereocenters. The Morgan fingerprint density at radius 2 is 1.03 bits per heavy atom. The first kappa shape index (κ1) is 35.4. The zero-order valence-electron chi connectivity index (χ0n) is 33.4. The van der Waals surface area contributed by atoms with E-state index in [0.717, 1.165) is 71.4 Å². The number of para-hydroxylation sites is 2. The molecule has 288 valence electrons. The monoisotopic (exact) mass is 800 g/mol. The predicted octanol–water partition coefficient (Wildman–Crippen LogP) is 14.7. The van der Waals surface area contributed by atoms with Crippen LogP contribution < -0.4 is 0 Å². The van der Waals surface area contributed by atoms with E-state index in [1.54, 1.807) is 11.3 Å². The van der Waals surface area contributed by atoms with Crippen LogP contribution in [0.4, 0.5) is 0 Å². The van der Waals surface area contributed by atoms with Crippen molar-refractivity contribution in [1.29, 1.82) is 0 Å². The minimum Gasteiger partial charge on any atom is -0.455 e. The number of furan rings is 1. The van der Waals surface area contributed by atoms with Crippen LogP contribution in [0.1, 0.15) is 25.0 Å². The summed E-state index contributed by atoms with van der Waals surface area (Å²) >= 11 is 1.79. The van der Waals surface area contributed by atoms with Gasteiger partial charge >= 0.3 is 0 Å². The highest BCUT2D eigenvalue weighted by molar-refractivity contribution is 7.22. The van der Waals surface area contributed by atoms with Crippen LogP contribution in [-0.4, -0.2) is 19.9 Å². The summed E-state index contributed by atoms with van der Waals surface area (Å²) in [7, 11) is 0. The van der Waals surface area contributed by atoms with Crippen LogP contribution in [0.5, 0.6) is 0 Å². The van der Waals surface area contributed by atoms with E-state index in [4.69, 9.17) is 24.4 Å². The smallest absolute Gasteiger partial charge is 0.167 e. The highest BCUT2D eigenvalue weighted by Crippen LogP contribution is 2.53. The second-order valence-corrected chi connectivity index (χ2v) is 17.2. The molecular weight excluding hydrogens is 765 g/mol. The summed E-state index contributed by atoms with van der Waals surface area (Å²) in [6, 6.07) is 63.6. The number of fused-ring (bicyclic) bond motifs is 8. The maximum absolute atomic E-state index is 6.48. The fraction of sp³-hybridized carbons (Fsp3) is 0.0545. The highest BCUT2D eigenvalue weighted by atomic mass is 32.1. The first-order valence-corrected chi connectivity index (χ1v) is 21.4. The van der Waals surface area contributed by atoms with E-state index < -0.39 is 0 Å². The number of nitrogens with zero attached hydrogens (tertiary/aromatic N) is 4. The maximum Gasteiger partial charge on any atom is 0.167 e. The number of hydrogen-bond donors (Lipinski definition) is 0. The van der Waals surface area contributed by atoms with Crippen LogP contribution in [0.3, 0.4) is 0 Å². The first-order chi connectivity index (χ1) is 30.0. The second-order valence-electron chi connectivity index (χ2n) is 16.2. The molecule has 0 amide bonds. The Morgan fingerprint density at radius 1 is 0.426 bits per heavy atom. The van der Waals surface area contributed by atoms with E-state index in [9.17, 15) is 0 Å². The van der Waals surface area contributed by atoms with Gasteiger partial charge in [-0.1, -0.05) is 166 Å². The van der Waals surface area contributed by atoms with Gasteiger partial charge in [0.25, 0.3) is 0 Å². The lowest BCUT2D eigenvalue weighted by Crippen LogP contribution is -2.14. The van der Waals surface area contributed by atoms with Gasteiger partial charge in [0.1, 0.15) is 16.2 Å². The van der Waals surface area contributed by atoms with Gasteiger partial charge in [0, 0.05) is 38.4 Å². The Hall–Kier alpha value is -7.54. The van der Waals surface area contributed by atoms with Gasteiger partial charge in [-0.15, -0.1) is 11.3 Å². The molecule has 0 saturated heterocycles. The lowest BCUT2D eigenvalue weighted by Gasteiger charge is -2.22. The summed E-state index contributed by atoms with van der Waals surface area (Å²) in [6.45, 7) is 4.68. The van der Waals surface area contributed by atoms with E-state index in [1.807, 2.05) is 36.4 Å². The third kappa shape index (κ3) is 5.82. The first-order valence-electron chi connectivity index (χ1n) is 20.5. The topological polar surface area (TPSA) is 64.7 Å². The third-order valence-electron chi connectivity index (χ3n) is 12.2. The summed E-state index contributed by atoms with van der Waals surface area (Å²) in [5.41, 5.74) is 16.1. The maximum atomic E-state index is 6.48. The molecule has 0 fully saturated rings. The van der Waals surface area contributed by atoms with Crippen molar-refractivity contribution in [3.8, 4) is 78.1 Å². The van der Waals surface area contributed by atoms with Crippen molar-refractivity contribution in [3.05, 3.63) is 193 Å². The quantitative estimate of drug-likeness (QED) is 0.168. The largest absolute Gasteiger partial charge is 0.455 e. The summed E-state index contributed by atoms with van der Waals surface area (Å²) in [6.07, 6.45) is 0. The molecule has 0 aliphatic heterocycles. The molecule has 3 aromatic heterocycles. The molecule has 0 N–H and O–H groups in total. The number of rotatable bonds is 6. The van der Waals surface area contributed by atoms with Gasteiger partial charge < -0.3 is 4.42 Å². The van der Waals surface area contributed by atoms with Gasteiger partial charge in [0.2, 0.25) is 0 Å². The molecule has 5 nitrogen and oxygen atoms in total. The molecule has 0 radical (unpaired) electrons. The molecule has 0 atom stereocenters. The molecule has 3 heterocycles. The van der Waals surface area contributed by atoms with Crippen LogP contribution in [-0.2, 0) is 5.41 Å². The number of thiazole rings is 1. The summed E-state index contributed by atoms with van der Waals surface area (Å²) in [5, 5.41) is 3.14. The van der Waals surface area contributed by atoms with Gasteiger partial charge in [-0.05, 0) is 69.3 Å². The SMILES string of the molecule is CC1(C)c2cc(-c3ccc(-c4nc(-c5cccc(-c6ccccc6)c5)nc(-c5cccc6c5oc5ccccc56)n4)cc3)ccc2-c2c1ccc1nc(-c3ccccc3)sc21. The van der Waals surface area contributed by atoms with E-state index in [0.29, 0.717) is 17.5 Å². The van der Waals surface area contributed by atoms with E-state index >= 15 is 0 Å².